The van der Waals surface area contributed by atoms with Gasteiger partial charge in [-0.2, -0.15) is 0 Å². The largest absolute Gasteiger partial charge is 0.484 e. The second-order valence-corrected chi connectivity index (χ2v) is 7.45. The molecule has 0 aliphatic heterocycles. The molecule has 2 N–H and O–H groups in total. The summed E-state index contributed by atoms with van der Waals surface area (Å²) in [5, 5.41) is 0. The van der Waals surface area contributed by atoms with Gasteiger partial charge < -0.3 is 4.74 Å². The molecule has 0 saturated carbocycles. The first-order valence-electron chi connectivity index (χ1n) is 7.91. The lowest BCUT2D eigenvalue weighted by Crippen LogP contribution is -2.43. The van der Waals surface area contributed by atoms with E-state index in [4.69, 9.17) is 4.74 Å². The maximum absolute atomic E-state index is 12.1. The minimum absolute atomic E-state index is 0.0835. The third-order valence-corrected chi connectivity index (χ3v) is 4.80. The van der Waals surface area contributed by atoms with Crippen LogP contribution in [0.1, 0.15) is 23.6 Å². The molecule has 25 heavy (non-hydrogen) atoms. The number of nitrogens with one attached hydrogen (secondary N) is 2. The fourth-order valence-corrected chi connectivity index (χ4v) is 3.15. The number of hydrazine groups is 1. The number of sulfonamides is 1. The SMILES string of the molecule is CCc1ccc(S(=O)(=O)NNC(=O)COc2cc(C)cc(C)c2)cc1. The zero-order valence-electron chi connectivity index (χ0n) is 14.5. The minimum Gasteiger partial charge on any atom is -0.484 e. The van der Waals surface area contributed by atoms with E-state index in [1.54, 1.807) is 24.3 Å². The summed E-state index contributed by atoms with van der Waals surface area (Å²) in [6.45, 7) is 5.55. The normalized spacial score (nSPS) is 11.2. The summed E-state index contributed by atoms with van der Waals surface area (Å²) >= 11 is 0. The summed E-state index contributed by atoms with van der Waals surface area (Å²) in [5.74, 6) is -0.0291. The van der Waals surface area contributed by atoms with Gasteiger partial charge in [-0.3, -0.25) is 10.2 Å². The van der Waals surface area contributed by atoms with Crippen LogP contribution in [0, 0.1) is 13.8 Å². The lowest BCUT2D eigenvalue weighted by Gasteiger charge is -2.10. The predicted molar refractivity (Wildman–Crippen MR) is 95.7 cm³/mol. The fourth-order valence-electron chi connectivity index (χ4n) is 2.29. The lowest BCUT2D eigenvalue weighted by atomic mass is 10.1. The molecule has 0 aromatic heterocycles. The van der Waals surface area contributed by atoms with E-state index >= 15 is 0 Å². The van der Waals surface area contributed by atoms with Crippen LogP contribution in [0.25, 0.3) is 0 Å². The molecule has 2 aromatic rings. The van der Waals surface area contributed by atoms with E-state index < -0.39 is 15.9 Å². The van der Waals surface area contributed by atoms with Gasteiger partial charge in [0, 0.05) is 0 Å². The molecule has 0 heterocycles. The van der Waals surface area contributed by atoms with E-state index in [2.05, 4.69) is 10.3 Å². The molecule has 7 heteroatoms. The highest BCUT2D eigenvalue weighted by molar-refractivity contribution is 7.89. The van der Waals surface area contributed by atoms with Crippen LogP contribution >= 0.6 is 0 Å². The van der Waals surface area contributed by atoms with Gasteiger partial charge in [0.05, 0.1) is 4.90 Å². The summed E-state index contributed by atoms with van der Waals surface area (Å²) < 4.78 is 29.7. The van der Waals surface area contributed by atoms with Crippen LogP contribution < -0.4 is 15.0 Å². The first-order valence-corrected chi connectivity index (χ1v) is 9.39. The van der Waals surface area contributed by atoms with Crippen LogP contribution in [0.2, 0.25) is 0 Å². The van der Waals surface area contributed by atoms with Crippen LogP contribution in [0.3, 0.4) is 0 Å². The monoisotopic (exact) mass is 362 g/mol. The van der Waals surface area contributed by atoms with Gasteiger partial charge in [0.15, 0.2) is 6.61 Å². The molecule has 0 bridgehead atoms. The van der Waals surface area contributed by atoms with Crippen molar-refractivity contribution >= 4 is 15.9 Å². The Kier molecular flexibility index (Phi) is 6.17. The van der Waals surface area contributed by atoms with Gasteiger partial charge in [-0.05, 0) is 61.2 Å². The van der Waals surface area contributed by atoms with E-state index in [1.165, 1.54) is 12.1 Å². The van der Waals surface area contributed by atoms with Crippen molar-refractivity contribution in [3.63, 3.8) is 0 Å². The van der Waals surface area contributed by atoms with Crippen LogP contribution in [0.4, 0.5) is 0 Å². The summed E-state index contributed by atoms with van der Waals surface area (Å²) in [7, 11) is -3.81. The summed E-state index contributed by atoms with van der Waals surface area (Å²) in [6, 6.07) is 12.1. The van der Waals surface area contributed by atoms with Crippen molar-refractivity contribution in [2.45, 2.75) is 32.1 Å². The van der Waals surface area contributed by atoms with E-state index in [-0.39, 0.29) is 11.5 Å². The predicted octanol–water partition coefficient (Wildman–Crippen LogP) is 2.25. The number of hydrogen-bond donors (Lipinski definition) is 2. The molecule has 0 spiro atoms. The number of benzene rings is 2. The Morgan fingerprint density at radius 3 is 2.20 bits per heavy atom. The Balaban J connectivity index is 1.89. The van der Waals surface area contributed by atoms with Gasteiger partial charge in [-0.15, -0.1) is 4.83 Å². The first-order chi connectivity index (χ1) is 11.8. The maximum Gasteiger partial charge on any atom is 0.272 e. The van der Waals surface area contributed by atoms with Gasteiger partial charge >= 0.3 is 0 Å². The molecule has 0 radical (unpaired) electrons. The van der Waals surface area contributed by atoms with Crippen LogP contribution in [-0.4, -0.2) is 20.9 Å². The molecule has 2 aromatic carbocycles. The standard InChI is InChI=1S/C18H22N2O4S/c1-4-15-5-7-17(8-6-15)25(22,23)20-19-18(21)12-24-16-10-13(2)9-14(3)11-16/h5-11,20H,4,12H2,1-3H3,(H,19,21). The fraction of sp³-hybridized carbons (Fsp3) is 0.278. The van der Waals surface area contributed by atoms with Crippen LogP contribution in [0.15, 0.2) is 47.4 Å². The molecular formula is C18H22N2O4S. The van der Waals surface area contributed by atoms with E-state index in [0.717, 1.165) is 23.1 Å². The second-order valence-electron chi connectivity index (χ2n) is 5.76. The topological polar surface area (TPSA) is 84.5 Å². The van der Waals surface area contributed by atoms with Gasteiger partial charge in [-0.1, -0.05) is 25.1 Å². The Morgan fingerprint density at radius 2 is 1.64 bits per heavy atom. The highest BCUT2D eigenvalue weighted by atomic mass is 32.2. The molecule has 134 valence electrons. The van der Waals surface area contributed by atoms with Gasteiger partial charge in [0.25, 0.3) is 15.9 Å². The maximum atomic E-state index is 12.1. The molecule has 2 rings (SSSR count). The Morgan fingerprint density at radius 1 is 1.04 bits per heavy atom. The Hall–Kier alpha value is -2.38. The van der Waals surface area contributed by atoms with E-state index in [1.807, 2.05) is 26.8 Å². The molecule has 6 nitrogen and oxygen atoms in total. The van der Waals surface area contributed by atoms with E-state index in [0.29, 0.717) is 5.75 Å². The third-order valence-electron chi connectivity index (χ3n) is 3.53. The average molecular weight is 362 g/mol. The van der Waals surface area contributed by atoms with Crippen LogP contribution in [-0.2, 0) is 21.2 Å². The zero-order valence-corrected chi connectivity index (χ0v) is 15.3. The third kappa shape index (κ3) is 5.58. The summed E-state index contributed by atoms with van der Waals surface area (Å²) in [4.78, 5) is 13.9. The number of hydrogen-bond acceptors (Lipinski definition) is 4. The number of rotatable bonds is 7. The minimum atomic E-state index is -3.81. The molecule has 0 aliphatic rings. The van der Waals surface area contributed by atoms with Crippen molar-refractivity contribution in [3.8, 4) is 5.75 Å². The quantitative estimate of drug-likeness (QED) is 0.740. The number of amides is 1. The number of aryl methyl sites for hydroxylation is 3. The Bertz CT molecular complexity index is 826. The second kappa shape index (κ2) is 8.13. The molecule has 0 unspecified atom stereocenters. The van der Waals surface area contributed by atoms with Crippen molar-refractivity contribution in [2.75, 3.05) is 6.61 Å². The molecule has 0 saturated heterocycles. The van der Waals surface area contributed by atoms with Crippen molar-refractivity contribution in [3.05, 3.63) is 59.2 Å². The first kappa shape index (κ1) is 19.0. The molecule has 0 fully saturated rings. The average Bonchev–Trinajstić information content (AvgIpc) is 2.57. The van der Waals surface area contributed by atoms with Crippen molar-refractivity contribution in [2.24, 2.45) is 0 Å². The van der Waals surface area contributed by atoms with Crippen molar-refractivity contribution in [1.29, 1.82) is 0 Å². The number of ether oxygens (including phenoxy) is 1. The van der Waals surface area contributed by atoms with Gasteiger partial charge in [0.2, 0.25) is 0 Å². The van der Waals surface area contributed by atoms with Crippen molar-refractivity contribution in [1.82, 2.24) is 10.3 Å². The highest BCUT2D eigenvalue weighted by Crippen LogP contribution is 2.16. The van der Waals surface area contributed by atoms with Gasteiger partial charge in [-0.25, -0.2) is 8.42 Å². The lowest BCUT2D eigenvalue weighted by molar-refractivity contribution is -0.123. The van der Waals surface area contributed by atoms with Crippen molar-refractivity contribution < 1.29 is 17.9 Å². The molecule has 0 aliphatic carbocycles. The molecular weight excluding hydrogens is 340 g/mol. The van der Waals surface area contributed by atoms with E-state index in [9.17, 15) is 13.2 Å². The number of carbonyl (C=O) groups excluding carboxylic acids is 1. The molecule has 0 atom stereocenters. The van der Waals surface area contributed by atoms with Gasteiger partial charge in [0.1, 0.15) is 5.75 Å². The highest BCUT2D eigenvalue weighted by Gasteiger charge is 2.15. The summed E-state index contributed by atoms with van der Waals surface area (Å²) in [5.41, 5.74) is 5.22. The number of carbonyl (C=O) groups is 1. The smallest absolute Gasteiger partial charge is 0.272 e. The van der Waals surface area contributed by atoms with Crippen LogP contribution in [0.5, 0.6) is 5.75 Å². The molecule has 1 amide bonds. The Labute approximate surface area is 148 Å². The summed E-state index contributed by atoms with van der Waals surface area (Å²) in [6.07, 6.45) is 0.820. The zero-order chi connectivity index (χ0) is 18.4.